The number of amides is 1. The van der Waals surface area contributed by atoms with E-state index in [-0.39, 0.29) is 17.7 Å². The SMILES string of the molecule is COC(=O)N1CC[C@]2(C)c3cc(OC)ccc3N(C)[C@H]12. The monoisotopic (exact) mass is 276 g/mol. The number of nitrogens with zero attached hydrogens (tertiary/aromatic N) is 2. The Morgan fingerprint density at radius 1 is 1.40 bits per heavy atom. The molecule has 5 nitrogen and oxygen atoms in total. The summed E-state index contributed by atoms with van der Waals surface area (Å²) in [6.45, 7) is 2.93. The summed E-state index contributed by atoms with van der Waals surface area (Å²) in [5.74, 6) is 0.857. The molecule has 0 saturated carbocycles. The van der Waals surface area contributed by atoms with Gasteiger partial charge in [0.1, 0.15) is 11.9 Å². The highest BCUT2D eigenvalue weighted by Gasteiger charge is 2.55. The van der Waals surface area contributed by atoms with Crippen molar-refractivity contribution in [3.05, 3.63) is 23.8 Å². The van der Waals surface area contributed by atoms with Crippen LogP contribution in [0.25, 0.3) is 0 Å². The third-order valence-electron chi connectivity index (χ3n) is 4.71. The van der Waals surface area contributed by atoms with E-state index in [9.17, 15) is 4.79 Å². The highest BCUT2D eigenvalue weighted by atomic mass is 16.5. The molecule has 2 heterocycles. The number of benzene rings is 1. The van der Waals surface area contributed by atoms with Gasteiger partial charge in [-0.25, -0.2) is 4.79 Å². The Morgan fingerprint density at radius 3 is 2.80 bits per heavy atom. The van der Waals surface area contributed by atoms with Gasteiger partial charge >= 0.3 is 6.09 Å². The summed E-state index contributed by atoms with van der Waals surface area (Å²) in [6, 6.07) is 6.11. The van der Waals surface area contributed by atoms with Crippen LogP contribution in [0.1, 0.15) is 18.9 Å². The summed E-state index contributed by atoms with van der Waals surface area (Å²) in [7, 11) is 5.14. The van der Waals surface area contributed by atoms with Gasteiger partial charge in [0.25, 0.3) is 0 Å². The molecule has 1 aromatic carbocycles. The van der Waals surface area contributed by atoms with E-state index in [1.54, 1.807) is 7.11 Å². The number of likely N-dealkylation sites (tertiary alicyclic amines) is 1. The van der Waals surface area contributed by atoms with Gasteiger partial charge in [-0.05, 0) is 30.2 Å². The Balaban J connectivity index is 2.07. The first-order chi connectivity index (χ1) is 9.52. The fourth-order valence-electron chi connectivity index (χ4n) is 3.71. The maximum Gasteiger partial charge on any atom is 0.411 e. The number of ether oxygens (including phenoxy) is 2. The highest BCUT2D eigenvalue weighted by Crippen LogP contribution is 2.52. The van der Waals surface area contributed by atoms with Crippen molar-refractivity contribution in [2.75, 3.05) is 32.7 Å². The lowest BCUT2D eigenvalue weighted by molar-refractivity contribution is 0.114. The lowest BCUT2D eigenvalue weighted by Crippen LogP contribution is -2.49. The van der Waals surface area contributed by atoms with Crippen molar-refractivity contribution in [2.45, 2.75) is 24.9 Å². The molecule has 0 bridgehead atoms. The van der Waals surface area contributed by atoms with Crippen LogP contribution in [0.2, 0.25) is 0 Å². The first kappa shape index (κ1) is 13.1. The quantitative estimate of drug-likeness (QED) is 0.788. The fourth-order valence-corrected chi connectivity index (χ4v) is 3.71. The molecule has 5 heteroatoms. The molecule has 2 atom stereocenters. The second-order valence-corrected chi connectivity index (χ2v) is 5.70. The van der Waals surface area contributed by atoms with Crippen molar-refractivity contribution in [3.63, 3.8) is 0 Å². The van der Waals surface area contributed by atoms with Crippen LogP contribution in [0.5, 0.6) is 5.75 Å². The van der Waals surface area contributed by atoms with Crippen LogP contribution in [0.3, 0.4) is 0 Å². The zero-order valence-electron chi connectivity index (χ0n) is 12.3. The standard InChI is InChI=1S/C15H20N2O3/c1-15-7-8-17(14(18)20-4)13(15)16(2)12-6-5-10(19-3)9-11(12)15/h5-6,9,13H,7-8H2,1-4H3/t13-,15-/m1/s1. The number of methoxy groups -OCH3 is 2. The van der Waals surface area contributed by atoms with Gasteiger partial charge in [0, 0.05) is 24.7 Å². The van der Waals surface area contributed by atoms with Crippen LogP contribution in [-0.4, -0.2) is 45.0 Å². The molecule has 0 unspecified atom stereocenters. The topological polar surface area (TPSA) is 42.0 Å². The van der Waals surface area contributed by atoms with E-state index in [4.69, 9.17) is 9.47 Å². The smallest absolute Gasteiger partial charge is 0.411 e. The minimum Gasteiger partial charge on any atom is -0.497 e. The normalized spacial score (nSPS) is 27.3. The average Bonchev–Trinajstić information content (AvgIpc) is 2.92. The summed E-state index contributed by atoms with van der Waals surface area (Å²) < 4.78 is 10.3. The summed E-state index contributed by atoms with van der Waals surface area (Å²) in [4.78, 5) is 15.9. The average molecular weight is 276 g/mol. The second kappa shape index (κ2) is 4.30. The van der Waals surface area contributed by atoms with E-state index < -0.39 is 0 Å². The number of likely N-dealkylation sites (N-methyl/N-ethyl adjacent to an activating group) is 1. The number of carbonyl (C=O) groups excluding carboxylic acids is 1. The van der Waals surface area contributed by atoms with Crippen molar-refractivity contribution >= 4 is 11.8 Å². The molecular formula is C15H20N2O3. The van der Waals surface area contributed by atoms with Crippen molar-refractivity contribution in [1.29, 1.82) is 0 Å². The molecule has 1 fully saturated rings. The third-order valence-corrected chi connectivity index (χ3v) is 4.71. The molecule has 2 aliphatic heterocycles. The molecule has 0 aliphatic carbocycles. The van der Waals surface area contributed by atoms with Crippen molar-refractivity contribution in [1.82, 2.24) is 4.90 Å². The van der Waals surface area contributed by atoms with E-state index in [2.05, 4.69) is 24.0 Å². The summed E-state index contributed by atoms with van der Waals surface area (Å²) >= 11 is 0. The fraction of sp³-hybridized carbons (Fsp3) is 0.533. The number of rotatable bonds is 1. The molecule has 1 aromatic rings. The van der Waals surface area contributed by atoms with Gasteiger partial charge < -0.3 is 14.4 Å². The van der Waals surface area contributed by atoms with Crippen LogP contribution < -0.4 is 9.64 Å². The van der Waals surface area contributed by atoms with Crippen molar-refractivity contribution in [3.8, 4) is 5.75 Å². The maximum absolute atomic E-state index is 12.0. The van der Waals surface area contributed by atoms with Crippen LogP contribution in [0.4, 0.5) is 10.5 Å². The molecule has 0 aromatic heterocycles. The van der Waals surface area contributed by atoms with Gasteiger partial charge in [-0.3, -0.25) is 4.90 Å². The van der Waals surface area contributed by atoms with Gasteiger partial charge in [-0.15, -0.1) is 0 Å². The van der Waals surface area contributed by atoms with Crippen LogP contribution in [-0.2, 0) is 10.2 Å². The van der Waals surface area contributed by atoms with E-state index in [1.165, 1.54) is 12.7 Å². The third kappa shape index (κ3) is 1.52. The molecule has 2 aliphatic rings. The Kier molecular flexibility index (Phi) is 2.81. The maximum atomic E-state index is 12.0. The molecule has 0 radical (unpaired) electrons. The van der Waals surface area contributed by atoms with Crippen molar-refractivity contribution in [2.24, 2.45) is 0 Å². The van der Waals surface area contributed by atoms with E-state index in [1.807, 2.05) is 18.0 Å². The summed E-state index contributed by atoms with van der Waals surface area (Å²) in [6.07, 6.45) is 0.680. The van der Waals surface area contributed by atoms with Gasteiger partial charge in [-0.2, -0.15) is 0 Å². The Hall–Kier alpha value is -1.91. The van der Waals surface area contributed by atoms with E-state index in [0.717, 1.165) is 24.4 Å². The molecule has 20 heavy (non-hydrogen) atoms. The van der Waals surface area contributed by atoms with Crippen LogP contribution >= 0.6 is 0 Å². The molecular weight excluding hydrogens is 256 g/mol. The second-order valence-electron chi connectivity index (χ2n) is 5.70. The minimum atomic E-state index is -0.259. The van der Waals surface area contributed by atoms with Gasteiger partial charge in [0.2, 0.25) is 0 Å². The lowest BCUT2D eigenvalue weighted by Gasteiger charge is -2.33. The predicted octanol–water partition coefficient (Wildman–Crippen LogP) is 2.20. The lowest BCUT2D eigenvalue weighted by atomic mass is 9.81. The molecule has 3 rings (SSSR count). The number of hydrogen-bond acceptors (Lipinski definition) is 4. The predicted molar refractivity (Wildman–Crippen MR) is 76.3 cm³/mol. The molecule has 1 amide bonds. The first-order valence-electron chi connectivity index (χ1n) is 6.79. The largest absolute Gasteiger partial charge is 0.497 e. The number of anilines is 1. The molecule has 1 saturated heterocycles. The zero-order chi connectivity index (χ0) is 14.5. The Bertz CT molecular complexity index is 560. The first-order valence-corrected chi connectivity index (χ1v) is 6.79. The number of carbonyl (C=O) groups is 1. The van der Waals surface area contributed by atoms with E-state index >= 15 is 0 Å². The van der Waals surface area contributed by atoms with Crippen LogP contribution in [0, 0.1) is 0 Å². The van der Waals surface area contributed by atoms with E-state index in [0.29, 0.717) is 0 Å². The Labute approximate surface area is 119 Å². The van der Waals surface area contributed by atoms with Crippen LogP contribution in [0.15, 0.2) is 18.2 Å². The summed E-state index contributed by atoms with van der Waals surface area (Å²) in [5.41, 5.74) is 2.33. The molecule has 0 spiro atoms. The highest BCUT2D eigenvalue weighted by molar-refractivity contribution is 5.74. The Morgan fingerprint density at radius 2 is 2.15 bits per heavy atom. The number of hydrogen-bond donors (Lipinski definition) is 0. The summed E-state index contributed by atoms with van der Waals surface area (Å²) in [5, 5.41) is 0. The number of fused-ring (bicyclic) bond motifs is 3. The minimum absolute atomic E-state index is 0.0112. The van der Waals surface area contributed by atoms with Gasteiger partial charge in [0.05, 0.1) is 14.2 Å². The van der Waals surface area contributed by atoms with Gasteiger partial charge in [-0.1, -0.05) is 6.92 Å². The molecule has 0 N–H and O–H groups in total. The van der Waals surface area contributed by atoms with Gasteiger partial charge in [0.15, 0.2) is 0 Å². The van der Waals surface area contributed by atoms with Crippen molar-refractivity contribution < 1.29 is 14.3 Å². The molecule has 108 valence electrons. The zero-order valence-corrected chi connectivity index (χ0v) is 12.3.